The molecule has 4 saturated carbocycles. The highest BCUT2D eigenvalue weighted by Crippen LogP contribution is 2.68. The molecule has 4 fully saturated rings. The molecular formula is C28H49NO3. The number of Topliss-reactive ketones (excluding diaryl/α,β-unsaturated/α-hetero) is 1. The summed E-state index contributed by atoms with van der Waals surface area (Å²) >= 11 is 0. The highest BCUT2D eigenvalue weighted by atomic mass is 16.3. The van der Waals surface area contributed by atoms with Crippen LogP contribution in [-0.4, -0.2) is 40.3 Å². The van der Waals surface area contributed by atoms with Gasteiger partial charge in [-0.15, -0.1) is 0 Å². The minimum atomic E-state index is -0.261. The molecule has 2 unspecified atom stereocenters. The van der Waals surface area contributed by atoms with Gasteiger partial charge in [0.15, 0.2) is 0 Å². The number of carbonyl (C=O) groups excluding carboxylic acids is 1. The van der Waals surface area contributed by atoms with Gasteiger partial charge < -0.3 is 20.3 Å². The number of aliphatic hydroxyl groups excluding tert-OH is 2. The van der Waals surface area contributed by atoms with Crippen LogP contribution < -0.4 is 5.32 Å². The summed E-state index contributed by atoms with van der Waals surface area (Å²) in [6.07, 6.45) is 8.63. The lowest BCUT2D eigenvalue weighted by molar-refractivity contribution is -0.184. The van der Waals surface area contributed by atoms with Crippen LogP contribution in [0.25, 0.3) is 0 Å². The number of fused-ring (bicyclic) bond motifs is 5. The van der Waals surface area contributed by atoms with Gasteiger partial charge in [0.25, 0.3) is 0 Å². The Morgan fingerprint density at radius 1 is 1.03 bits per heavy atom. The van der Waals surface area contributed by atoms with E-state index in [1.54, 1.807) is 6.92 Å². The van der Waals surface area contributed by atoms with Crippen molar-refractivity contribution in [2.75, 3.05) is 0 Å². The van der Waals surface area contributed by atoms with Gasteiger partial charge in [0.2, 0.25) is 0 Å². The molecule has 0 aromatic rings. The fraction of sp³-hybridized carbons (Fsp3) is 0.964. The Labute approximate surface area is 196 Å². The van der Waals surface area contributed by atoms with E-state index in [1.165, 1.54) is 19.3 Å². The van der Waals surface area contributed by atoms with Crippen molar-refractivity contribution in [3.05, 3.63) is 0 Å². The number of ketones is 1. The molecule has 4 nitrogen and oxygen atoms in total. The first kappa shape index (κ1) is 24.7. The Bertz CT molecular complexity index is 694. The molecule has 32 heavy (non-hydrogen) atoms. The average Bonchev–Trinajstić information content (AvgIpc) is 3.06. The summed E-state index contributed by atoms with van der Waals surface area (Å²) in [6, 6.07) is 0.926. The molecule has 4 rings (SSSR count). The van der Waals surface area contributed by atoms with Crippen molar-refractivity contribution in [3.8, 4) is 0 Å². The number of carbonyl (C=O) groups is 1. The molecule has 0 amide bonds. The van der Waals surface area contributed by atoms with Gasteiger partial charge in [0.1, 0.15) is 5.78 Å². The Balaban J connectivity index is 1.66. The summed E-state index contributed by atoms with van der Waals surface area (Å²) in [5.74, 6) is 3.49. The summed E-state index contributed by atoms with van der Waals surface area (Å²) < 4.78 is 0. The third-order valence-corrected chi connectivity index (χ3v) is 11.1. The minimum absolute atomic E-state index is 0.0499. The molecule has 0 bridgehead atoms. The average molecular weight is 448 g/mol. The summed E-state index contributed by atoms with van der Waals surface area (Å²) in [7, 11) is 0. The number of aliphatic hydroxyl groups is 2. The lowest BCUT2D eigenvalue weighted by Crippen LogP contribution is -2.65. The molecular weight excluding hydrogens is 398 g/mol. The minimum Gasteiger partial charge on any atom is -0.393 e. The van der Waals surface area contributed by atoms with E-state index < -0.39 is 0 Å². The molecule has 0 aromatic carbocycles. The maximum absolute atomic E-state index is 11.8. The zero-order valence-corrected chi connectivity index (χ0v) is 21.4. The second-order valence-electron chi connectivity index (χ2n) is 13.1. The van der Waals surface area contributed by atoms with Crippen LogP contribution in [0.4, 0.5) is 0 Å². The standard InChI is InChI=1S/C28H49NO3/c1-16(2)29-24-14-19-13-20(31)11-12-27(19,5)23-15-25(32)28(6)21(9-10-22(28)26(23)24)17(3)7-8-18(4)30/h16-17,19-26,29,31-32H,7-15H2,1-6H3/t17-,19+,20-,21-,22+,23+,24?,25?,26+,27+,28-/m1/s1. The van der Waals surface area contributed by atoms with Gasteiger partial charge >= 0.3 is 0 Å². The van der Waals surface area contributed by atoms with Crippen molar-refractivity contribution >= 4 is 5.78 Å². The van der Waals surface area contributed by atoms with E-state index in [-0.39, 0.29) is 28.8 Å². The Kier molecular flexibility index (Phi) is 6.91. The van der Waals surface area contributed by atoms with Gasteiger partial charge in [-0.3, -0.25) is 0 Å². The molecule has 0 spiro atoms. The summed E-state index contributed by atoms with van der Waals surface area (Å²) in [5, 5.41) is 26.2. The third-order valence-electron chi connectivity index (χ3n) is 11.1. The highest BCUT2D eigenvalue weighted by Gasteiger charge is 2.65. The number of nitrogens with one attached hydrogen (secondary N) is 1. The molecule has 0 heterocycles. The van der Waals surface area contributed by atoms with Crippen molar-refractivity contribution in [1.29, 1.82) is 0 Å². The van der Waals surface area contributed by atoms with Crippen LogP contribution in [0.2, 0.25) is 0 Å². The monoisotopic (exact) mass is 447 g/mol. The lowest BCUT2D eigenvalue weighted by Gasteiger charge is -2.64. The van der Waals surface area contributed by atoms with Crippen LogP contribution in [0.3, 0.4) is 0 Å². The van der Waals surface area contributed by atoms with Crippen molar-refractivity contribution in [2.45, 2.75) is 124 Å². The van der Waals surface area contributed by atoms with Crippen LogP contribution in [0.15, 0.2) is 0 Å². The fourth-order valence-electron chi connectivity index (χ4n) is 9.41. The van der Waals surface area contributed by atoms with E-state index >= 15 is 0 Å². The predicted molar refractivity (Wildman–Crippen MR) is 129 cm³/mol. The molecule has 184 valence electrons. The SMILES string of the molecule is CC(=O)CC[C@@H](C)[C@H]1CC[C@H]2[C@@H]3C(NC(C)C)C[C@@H]4C[C@H](O)CC[C@]4(C)[C@H]3CC(O)[C@]12C. The number of hydrogen-bond acceptors (Lipinski definition) is 4. The molecule has 11 atom stereocenters. The maximum atomic E-state index is 11.8. The van der Waals surface area contributed by atoms with Crippen molar-refractivity contribution in [1.82, 2.24) is 5.32 Å². The Morgan fingerprint density at radius 2 is 1.75 bits per heavy atom. The van der Waals surface area contributed by atoms with Gasteiger partial charge in [0, 0.05) is 18.5 Å². The van der Waals surface area contributed by atoms with E-state index in [4.69, 9.17) is 0 Å². The smallest absolute Gasteiger partial charge is 0.129 e. The first-order chi connectivity index (χ1) is 15.0. The topological polar surface area (TPSA) is 69.6 Å². The van der Waals surface area contributed by atoms with Crippen molar-refractivity contribution in [2.24, 2.45) is 46.3 Å². The fourth-order valence-corrected chi connectivity index (χ4v) is 9.41. The van der Waals surface area contributed by atoms with E-state index in [9.17, 15) is 15.0 Å². The molecule has 0 saturated heterocycles. The van der Waals surface area contributed by atoms with E-state index in [1.807, 2.05) is 0 Å². The van der Waals surface area contributed by atoms with E-state index in [0.29, 0.717) is 54.0 Å². The maximum Gasteiger partial charge on any atom is 0.129 e. The Hall–Kier alpha value is -0.450. The lowest BCUT2D eigenvalue weighted by atomic mass is 9.42. The van der Waals surface area contributed by atoms with Crippen LogP contribution >= 0.6 is 0 Å². The van der Waals surface area contributed by atoms with Gasteiger partial charge in [-0.05, 0) is 105 Å². The molecule has 0 aromatic heterocycles. The van der Waals surface area contributed by atoms with Gasteiger partial charge in [-0.25, -0.2) is 0 Å². The zero-order chi connectivity index (χ0) is 23.4. The molecule has 3 N–H and O–H groups in total. The predicted octanol–water partition coefficient (Wildman–Crippen LogP) is 4.96. The molecule has 4 heteroatoms. The molecule has 4 aliphatic rings. The summed E-state index contributed by atoms with van der Waals surface area (Å²) in [5.41, 5.74) is 0.186. The normalized spacial score (nSPS) is 49.3. The second-order valence-corrected chi connectivity index (χ2v) is 13.1. The molecule has 4 aliphatic carbocycles. The number of rotatable bonds is 6. The van der Waals surface area contributed by atoms with Gasteiger partial charge in [-0.1, -0.05) is 34.6 Å². The quantitative estimate of drug-likeness (QED) is 0.538. The van der Waals surface area contributed by atoms with Crippen molar-refractivity contribution < 1.29 is 15.0 Å². The summed E-state index contributed by atoms with van der Waals surface area (Å²) in [6.45, 7) is 13.4. The first-order valence-corrected chi connectivity index (χ1v) is 13.6. The number of hydrogen-bond donors (Lipinski definition) is 3. The van der Waals surface area contributed by atoms with Crippen LogP contribution in [0, 0.1) is 46.3 Å². The van der Waals surface area contributed by atoms with Crippen LogP contribution in [-0.2, 0) is 4.79 Å². The largest absolute Gasteiger partial charge is 0.393 e. The zero-order valence-electron chi connectivity index (χ0n) is 21.4. The Morgan fingerprint density at radius 3 is 2.41 bits per heavy atom. The first-order valence-electron chi connectivity index (χ1n) is 13.6. The van der Waals surface area contributed by atoms with E-state index in [2.05, 4.69) is 39.9 Å². The van der Waals surface area contributed by atoms with E-state index in [0.717, 1.165) is 32.1 Å². The summed E-state index contributed by atoms with van der Waals surface area (Å²) in [4.78, 5) is 11.6. The van der Waals surface area contributed by atoms with Gasteiger partial charge in [-0.2, -0.15) is 0 Å². The molecule has 0 radical (unpaired) electrons. The van der Waals surface area contributed by atoms with Crippen LogP contribution in [0.1, 0.15) is 99.3 Å². The second kappa shape index (κ2) is 8.96. The van der Waals surface area contributed by atoms with Gasteiger partial charge in [0.05, 0.1) is 12.2 Å². The van der Waals surface area contributed by atoms with Crippen molar-refractivity contribution in [3.63, 3.8) is 0 Å². The third kappa shape index (κ3) is 4.01. The highest BCUT2D eigenvalue weighted by molar-refractivity contribution is 5.75. The molecule has 0 aliphatic heterocycles. The van der Waals surface area contributed by atoms with Crippen LogP contribution in [0.5, 0.6) is 0 Å².